The summed E-state index contributed by atoms with van der Waals surface area (Å²) in [7, 11) is 0. The fourth-order valence-corrected chi connectivity index (χ4v) is 2.32. The zero-order chi connectivity index (χ0) is 16.3. The van der Waals surface area contributed by atoms with Gasteiger partial charge in [0.1, 0.15) is 6.04 Å². The van der Waals surface area contributed by atoms with Crippen molar-refractivity contribution in [2.24, 2.45) is 5.92 Å². The van der Waals surface area contributed by atoms with Crippen LogP contribution >= 0.6 is 0 Å². The van der Waals surface area contributed by atoms with E-state index in [-0.39, 0.29) is 11.5 Å². The number of aliphatic carboxylic acids is 1. The summed E-state index contributed by atoms with van der Waals surface area (Å²) in [5.41, 5.74) is 0.310. The van der Waals surface area contributed by atoms with Gasteiger partial charge in [-0.05, 0) is 18.4 Å². The van der Waals surface area contributed by atoms with Crippen LogP contribution in [0.25, 0.3) is 10.9 Å². The predicted molar refractivity (Wildman–Crippen MR) is 82.9 cm³/mol. The minimum absolute atomic E-state index is 0.123. The molecule has 116 valence electrons. The van der Waals surface area contributed by atoms with E-state index >= 15 is 0 Å². The molecule has 1 atom stereocenters. The number of hydrogen-bond acceptors (Lipinski definition) is 3. The van der Waals surface area contributed by atoms with Crippen molar-refractivity contribution in [3.8, 4) is 0 Å². The molecule has 0 aliphatic rings. The Morgan fingerprint density at radius 2 is 1.95 bits per heavy atom. The van der Waals surface area contributed by atoms with Gasteiger partial charge in [-0.2, -0.15) is 0 Å². The first-order valence-corrected chi connectivity index (χ1v) is 7.04. The zero-order valence-electron chi connectivity index (χ0n) is 12.4. The van der Waals surface area contributed by atoms with Gasteiger partial charge < -0.3 is 15.4 Å². The van der Waals surface area contributed by atoms with Crippen molar-refractivity contribution in [1.29, 1.82) is 0 Å². The second-order valence-corrected chi connectivity index (χ2v) is 5.59. The Kier molecular flexibility index (Phi) is 4.60. The van der Waals surface area contributed by atoms with E-state index in [0.29, 0.717) is 17.3 Å². The maximum absolute atomic E-state index is 12.4. The van der Waals surface area contributed by atoms with Gasteiger partial charge in [0.2, 0.25) is 5.56 Å². The number of carboxylic acids is 1. The molecular weight excluding hydrogens is 284 g/mol. The van der Waals surface area contributed by atoms with Gasteiger partial charge in [0.05, 0.1) is 5.56 Å². The summed E-state index contributed by atoms with van der Waals surface area (Å²) < 4.78 is 0. The number of hydrogen-bond donors (Lipinski definition) is 3. The lowest BCUT2D eigenvalue weighted by atomic mass is 10.0. The lowest BCUT2D eigenvalue weighted by molar-refractivity contribution is -0.139. The van der Waals surface area contributed by atoms with E-state index in [1.54, 1.807) is 24.3 Å². The van der Waals surface area contributed by atoms with Crippen LogP contribution in [0.1, 0.15) is 30.6 Å². The van der Waals surface area contributed by atoms with Crippen LogP contribution in [0.2, 0.25) is 0 Å². The molecule has 1 amide bonds. The summed E-state index contributed by atoms with van der Waals surface area (Å²) >= 11 is 0. The maximum Gasteiger partial charge on any atom is 0.326 e. The number of carboxylic acid groups (broad SMARTS) is 1. The third-order valence-electron chi connectivity index (χ3n) is 3.31. The number of pyridine rings is 1. The van der Waals surface area contributed by atoms with Crippen molar-refractivity contribution in [2.75, 3.05) is 0 Å². The first-order chi connectivity index (χ1) is 10.4. The monoisotopic (exact) mass is 302 g/mol. The Morgan fingerprint density at radius 1 is 1.27 bits per heavy atom. The number of benzene rings is 1. The smallest absolute Gasteiger partial charge is 0.326 e. The molecular formula is C16H18N2O4. The number of aromatic amines is 1. The van der Waals surface area contributed by atoms with Crippen LogP contribution in [0.3, 0.4) is 0 Å². The van der Waals surface area contributed by atoms with Crippen LogP contribution in [0.5, 0.6) is 0 Å². The van der Waals surface area contributed by atoms with Crippen molar-refractivity contribution in [3.05, 3.63) is 46.2 Å². The molecule has 0 aliphatic heterocycles. The molecule has 0 fully saturated rings. The van der Waals surface area contributed by atoms with Gasteiger partial charge in [-0.25, -0.2) is 4.79 Å². The second kappa shape index (κ2) is 6.43. The Labute approximate surface area is 127 Å². The molecule has 6 heteroatoms. The van der Waals surface area contributed by atoms with E-state index in [0.717, 1.165) is 0 Å². The van der Waals surface area contributed by atoms with Crippen molar-refractivity contribution < 1.29 is 14.7 Å². The number of carbonyl (C=O) groups is 2. The highest BCUT2D eigenvalue weighted by atomic mass is 16.4. The van der Waals surface area contributed by atoms with Crippen LogP contribution in [0, 0.1) is 5.92 Å². The molecule has 1 heterocycles. The Balaban J connectivity index is 2.37. The van der Waals surface area contributed by atoms with Gasteiger partial charge in [-0.1, -0.05) is 32.0 Å². The molecule has 2 aromatic rings. The number of nitrogens with one attached hydrogen (secondary N) is 2. The summed E-state index contributed by atoms with van der Waals surface area (Å²) in [4.78, 5) is 37.9. The average molecular weight is 302 g/mol. The Bertz CT molecular complexity index is 764. The largest absolute Gasteiger partial charge is 0.480 e. The van der Waals surface area contributed by atoms with Crippen molar-refractivity contribution in [2.45, 2.75) is 26.3 Å². The molecule has 0 bridgehead atoms. The molecule has 2 rings (SSSR count). The Hall–Kier alpha value is -2.63. The van der Waals surface area contributed by atoms with Crippen molar-refractivity contribution in [3.63, 3.8) is 0 Å². The summed E-state index contributed by atoms with van der Waals surface area (Å²) in [6.45, 7) is 3.76. The first kappa shape index (κ1) is 15.8. The fraction of sp³-hybridized carbons (Fsp3) is 0.312. The SMILES string of the molecule is CC(C)C[C@H](NC(=O)c1cc(=O)[nH]c2ccccc12)C(=O)O. The van der Waals surface area contributed by atoms with Gasteiger partial charge >= 0.3 is 5.97 Å². The molecule has 0 saturated carbocycles. The topological polar surface area (TPSA) is 99.3 Å². The minimum Gasteiger partial charge on any atom is -0.480 e. The number of aromatic nitrogens is 1. The predicted octanol–water partition coefficient (Wildman–Crippen LogP) is 1.76. The Morgan fingerprint density at radius 3 is 2.59 bits per heavy atom. The molecule has 1 aromatic heterocycles. The van der Waals surface area contributed by atoms with E-state index in [2.05, 4.69) is 10.3 Å². The normalized spacial score (nSPS) is 12.3. The molecule has 1 aromatic carbocycles. The number of rotatable bonds is 5. The molecule has 6 nitrogen and oxygen atoms in total. The summed E-state index contributed by atoms with van der Waals surface area (Å²) in [6.07, 6.45) is 0.322. The van der Waals surface area contributed by atoms with Gasteiger partial charge in [0, 0.05) is 17.0 Å². The van der Waals surface area contributed by atoms with Crippen LogP contribution in [-0.2, 0) is 4.79 Å². The van der Waals surface area contributed by atoms with Crippen LogP contribution < -0.4 is 10.9 Å². The van der Waals surface area contributed by atoms with Crippen LogP contribution in [0.4, 0.5) is 0 Å². The fourth-order valence-electron chi connectivity index (χ4n) is 2.32. The minimum atomic E-state index is -1.09. The van der Waals surface area contributed by atoms with E-state index in [1.165, 1.54) is 6.07 Å². The number of amides is 1. The average Bonchev–Trinajstić information content (AvgIpc) is 2.44. The third kappa shape index (κ3) is 3.52. The molecule has 0 unspecified atom stereocenters. The van der Waals surface area contributed by atoms with E-state index in [1.807, 2.05) is 13.8 Å². The van der Waals surface area contributed by atoms with E-state index in [4.69, 9.17) is 0 Å². The summed E-state index contributed by atoms with van der Waals surface area (Å²) in [5, 5.41) is 12.3. The molecule has 0 aliphatic carbocycles. The standard InChI is InChI=1S/C16H18N2O4/c1-9(2)7-13(16(21)22)18-15(20)11-8-14(19)17-12-6-4-3-5-10(11)12/h3-6,8-9,13H,7H2,1-2H3,(H,17,19)(H,18,20)(H,21,22)/t13-/m0/s1. The molecule has 0 radical (unpaired) electrons. The maximum atomic E-state index is 12.4. The van der Waals surface area contributed by atoms with Gasteiger partial charge in [0.15, 0.2) is 0 Å². The van der Waals surface area contributed by atoms with Crippen LogP contribution in [0.15, 0.2) is 35.1 Å². The van der Waals surface area contributed by atoms with Crippen LogP contribution in [-0.4, -0.2) is 28.0 Å². The highest BCUT2D eigenvalue weighted by Crippen LogP contribution is 2.15. The van der Waals surface area contributed by atoms with E-state index in [9.17, 15) is 19.5 Å². The zero-order valence-corrected chi connectivity index (χ0v) is 12.4. The number of H-pyrrole nitrogens is 1. The molecule has 0 saturated heterocycles. The van der Waals surface area contributed by atoms with Gasteiger partial charge in [0.25, 0.3) is 5.91 Å². The van der Waals surface area contributed by atoms with Gasteiger partial charge in [-0.3, -0.25) is 9.59 Å². The van der Waals surface area contributed by atoms with Crippen molar-refractivity contribution in [1.82, 2.24) is 10.3 Å². The van der Waals surface area contributed by atoms with Gasteiger partial charge in [-0.15, -0.1) is 0 Å². The summed E-state index contributed by atoms with van der Waals surface area (Å²) in [5.74, 6) is -1.52. The quantitative estimate of drug-likeness (QED) is 0.783. The van der Waals surface area contributed by atoms with E-state index < -0.39 is 23.5 Å². The number of para-hydroxylation sites is 1. The second-order valence-electron chi connectivity index (χ2n) is 5.59. The first-order valence-electron chi connectivity index (χ1n) is 7.04. The lowest BCUT2D eigenvalue weighted by Crippen LogP contribution is -2.42. The van der Waals surface area contributed by atoms with Crippen molar-refractivity contribution >= 4 is 22.8 Å². The molecule has 22 heavy (non-hydrogen) atoms. The number of carbonyl (C=O) groups excluding carboxylic acids is 1. The highest BCUT2D eigenvalue weighted by Gasteiger charge is 2.22. The lowest BCUT2D eigenvalue weighted by Gasteiger charge is -2.17. The summed E-state index contributed by atoms with van der Waals surface area (Å²) in [6, 6.07) is 7.10. The molecule has 0 spiro atoms. The third-order valence-corrected chi connectivity index (χ3v) is 3.31. The number of fused-ring (bicyclic) bond motifs is 1. The highest BCUT2D eigenvalue weighted by molar-refractivity contribution is 6.06. The molecule has 3 N–H and O–H groups in total.